The third-order valence-corrected chi connectivity index (χ3v) is 11.9. The Morgan fingerprint density at radius 2 is 0.854 bits per heavy atom. The van der Waals surface area contributed by atoms with Crippen LogP contribution >= 0.6 is 7.26 Å². The fourth-order valence-corrected chi connectivity index (χ4v) is 9.72. The zero-order valence-electron chi connectivity index (χ0n) is 23.5. The normalized spacial score (nSPS) is 11.2. The quantitative estimate of drug-likeness (QED) is 0.0668. The van der Waals surface area contributed by atoms with E-state index in [0.717, 1.165) is 18.8 Å². The van der Waals surface area contributed by atoms with Gasteiger partial charge in [0.25, 0.3) is 0 Å². The van der Waals surface area contributed by atoms with Gasteiger partial charge in [0.05, 0.1) is 12.8 Å². The lowest BCUT2D eigenvalue weighted by molar-refractivity contribution is -0.00000821. The number of hydrogen-bond donors (Lipinski definition) is 0. The summed E-state index contributed by atoms with van der Waals surface area (Å²) < 4.78 is 6.06. The predicted octanol–water partition coefficient (Wildman–Crippen LogP) is 5.79. The third-order valence-electron chi connectivity index (χ3n) is 7.40. The van der Waals surface area contributed by atoms with Gasteiger partial charge in [-0.15, -0.1) is 0 Å². The zero-order valence-corrected chi connectivity index (χ0v) is 26.5. The molecule has 0 heterocycles. The standard InChI is InChI=1S/C38H38OP.HI/c1(15-31-39-35-29-27-34(28-30-35)26-25-33-17-7-3-8-18-33)2-16-32-40(36-19-9-4-10-20-36,37-21-11-5-12-22-37)38-23-13-6-14-24-38;/h3-14,17-30H,1-2,15-16,31-32H2;1H/q+1;/p-1/b26-25+;. The smallest absolute Gasteiger partial charge is 0.119 e. The van der Waals surface area contributed by atoms with Crippen LogP contribution in [0.1, 0.15) is 36.8 Å². The van der Waals surface area contributed by atoms with Crippen LogP contribution in [0.3, 0.4) is 0 Å². The molecule has 0 spiro atoms. The first-order valence-electron chi connectivity index (χ1n) is 14.4. The van der Waals surface area contributed by atoms with Gasteiger partial charge >= 0.3 is 0 Å². The highest BCUT2D eigenvalue weighted by molar-refractivity contribution is 7.95. The average Bonchev–Trinajstić information content (AvgIpc) is 3.04. The summed E-state index contributed by atoms with van der Waals surface area (Å²) in [7, 11) is -1.72. The Balaban J connectivity index is 0.00000387. The fraction of sp³-hybridized carbons (Fsp3) is 0.158. The molecule has 0 bridgehead atoms. The van der Waals surface area contributed by atoms with E-state index in [1.165, 1.54) is 52.5 Å². The Hall–Kier alpha value is -3.20. The van der Waals surface area contributed by atoms with E-state index < -0.39 is 7.26 Å². The largest absolute Gasteiger partial charge is 1.00 e. The number of halogens is 1. The van der Waals surface area contributed by atoms with Gasteiger partial charge in [0.2, 0.25) is 0 Å². The molecule has 0 saturated carbocycles. The monoisotopic (exact) mass is 668 g/mol. The van der Waals surface area contributed by atoms with Gasteiger partial charge in [-0.3, -0.25) is 0 Å². The Bertz CT molecular complexity index is 1340. The van der Waals surface area contributed by atoms with Gasteiger partial charge in [-0.1, -0.05) is 109 Å². The Morgan fingerprint density at radius 1 is 0.439 bits per heavy atom. The lowest BCUT2D eigenvalue weighted by Crippen LogP contribution is -3.00. The number of hydrogen-bond acceptors (Lipinski definition) is 1. The maximum atomic E-state index is 6.06. The van der Waals surface area contributed by atoms with E-state index in [2.05, 4.69) is 152 Å². The maximum absolute atomic E-state index is 6.06. The van der Waals surface area contributed by atoms with Crippen molar-refractivity contribution in [2.75, 3.05) is 12.8 Å². The highest BCUT2D eigenvalue weighted by atomic mass is 127. The minimum Gasteiger partial charge on any atom is -1.00 e. The topological polar surface area (TPSA) is 9.23 Å². The van der Waals surface area contributed by atoms with Crippen LogP contribution in [0.5, 0.6) is 5.75 Å². The molecule has 5 aromatic carbocycles. The SMILES string of the molecule is C(=C\c1ccc(OCCCCCC[P+](c2ccccc2)(c2ccccc2)c2ccccc2)cc1)/c1ccccc1.[I-]. The van der Waals surface area contributed by atoms with Gasteiger partial charge in [0, 0.05) is 0 Å². The van der Waals surface area contributed by atoms with Crippen molar-refractivity contribution in [3.63, 3.8) is 0 Å². The number of benzene rings is 5. The van der Waals surface area contributed by atoms with Crippen LogP contribution in [0.2, 0.25) is 0 Å². The van der Waals surface area contributed by atoms with E-state index in [4.69, 9.17) is 4.74 Å². The molecule has 0 aromatic heterocycles. The molecule has 0 fully saturated rings. The van der Waals surface area contributed by atoms with E-state index in [1.54, 1.807) is 0 Å². The fourth-order valence-electron chi connectivity index (χ4n) is 5.31. The van der Waals surface area contributed by atoms with E-state index >= 15 is 0 Å². The van der Waals surface area contributed by atoms with Crippen molar-refractivity contribution in [2.24, 2.45) is 0 Å². The molecule has 208 valence electrons. The molecule has 0 aliphatic rings. The number of ether oxygens (including phenoxy) is 1. The highest BCUT2D eigenvalue weighted by Gasteiger charge is 2.44. The van der Waals surface area contributed by atoms with Crippen molar-refractivity contribution in [2.45, 2.75) is 25.7 Å². The van der Waals surface area contributed by atoms with E-state index in [9.17, 15) is 0 Å². The molecule has 0 atom stereocenters. The first-order valence-corrected chi connectivity index (χ1v) is 16.3. The van der Waals surface area contributed by atoms with Crippen LogP contribution in [-0.2, 0) is 0 Å². The molecule has 0 aliphatic heterocycles. The van der Waals surface area contributed by atoms with Crippen molar-refractivity contribution < 1.29 is 28.7 Å². The van der Waals surface area contributed by atoms with Crippen molar-refractivity contribution in [3.05, 3.63) is 157 Å². The minimum atomic E-state index is -1.72. The molecule has 0 N–H and O–H groups in total. The van der Waals surface area contributed by atoms with Crippen molar-refractivity contribution in [3.8, 4) is 5.75 Å². The van der Waals surface area contributed by atoms with Crippen LogP contribution in [0.15, 0.2) is 146 Å². The molecule has 0 aliphatic carbocycles. The van der Waals surface area contributed by atoms with Crippen LogP contribution in [0, 0.1) is 0 Å². The summed E-state index contributed by atoms with van der Waals surface area (Å²) >= 11 is 0. The lowest BCUT2D eigenvalue weighted by atomic mass is 10.1. The molecular formula is C38H38IOP. The number of unbranched alkanes of at least 4 members (excludes halogenated alkanes) is 3. The second-order valence-electron chi connectivity index (χ2n) is 10.1. The van der Waals surface area contributed by atoms with E-state index in [-0.39, 0.29) is 24.0 Å². The maximum Gasteiger partial charge on any atom is 0.119 e. The molecule has 0 amide bonds. The lowest BCUT2D eigenvalue weighted by Gasteiger charge is -2.27. The summed E-state index contributed by atoms with van der Waals surface area (Å²) in [6.07, 6.45) is 10.1. The van der Waals surface area contributed by atoms with Crippen LogP contribution in [0.4, 0.5) is 0 Å². The third kappa shape index (κ3) is 8.41. The van der Waals surface area contributed by atoms with Crippen LogP contribution < -0.4 is 44.6 Å². The molecule has 41 heavy (non-hydrogen) atoms. The van der Waals surface area contributed by atoms with Crippen LogP contribution in [0.25, 0.3) is 12.2 Å². The van der Waals surface area contributed by atoms with Crippen molar-refractivity contribution >= 4 is 35.3 Å². The van der Waals surface area contributed by atoms with Gasteiger partial charge in [0.1, 0.15) is 28.9 Å². The van der Waals surface area contributed by atoms with Gasteiger partial charge in [-0.2, -0.15) is 0 Å². The van der Waals surface area contributed by atoms with E-state index in [1.807, 2.05) is 6.07 Å². The molecule has 0 saturated heterocycles. The summed E-state index contributed by atoms with van der Waals surface area (Å²) in [5.41, 5.74) is 2.39. The Labute approximate surface area is 263 Å². The molecule has 1 nitrogen and oxygen atoms in total. The van der Waals surface area contributed by atoms with E-state index in [0.29, 0.717) is 0 Å². The first kappa shape index (κ1) is 30.8. The van der Waals surface area contributed by atoms with Crippen molar-refractivity contribution in [1.82, 2.24) is 0 Å². The molecule has 5 aromatic rings. The summed E-state index contributed by atoms with van der Waals surface area (Å²) in [6, 6.07) is 52.3. The van der Waals surface area contributed by atoms with Gasteiger partial charge in [0.15, 0.2) is 0 Å². The van der Waals surface area contributed by atoms with Crippen LogP contribution in [-0.4, -0.2) is 12.8 Å². The molecule has 5 rings (SSSR count). The highest BCUT2D eigenvalue weighted by Crippen LogP contribution is 2.56. The first-order chi connectivity index (χ1) is 19.8. The van der Waals surface area contributed by atoms with Gasteiger partial charge in [-0.05, 0) is 85.3 Å². The Morgan fingerprint density at radius 3 is 1.34 bits per heavy atom. The predicted molar refractivity (Wildman–Crippen MR) is 176 cm³/mol. The molecule has 0 unspecified atom stereocenters. The second kappa shape index (κ2) is 16.3. The molecule has 0 radical (unpaired) electrons. The Kier molecular flexibility index (Phi) is 12.2. The minimum absolute atomic E-state index is 0. The summed E-state index contributed by atoms with van der Waals surface area (Å²) in [5.74, 6) is 0.944. The summed E-state index contributed by atoms with van der Waals surface area (Å²) in [6.45, 7) is 0.759. The average molecular weight is 669 g/mol. The summed E-state index contributed by atoms with van der Waals surface area (Å²) in [5, 5.41) is 4.41. The van der Waals surface area contributed by atoms with Gasteiger partial charge in [-0.25, -0.2) is 0 Å². The number of rotatable bonds is 13. The van der Waals surface area contributed by atoms with Gasteiger partial charge < -0.3 is 28.7 Å². The zero-order chi connectivity index (χ0) is 27.3. The second-order valence-corrected chi connectivity index (χ2v) is 13.7. The molecular weight excluding hydrogens is 630 g/mol. The molecule has 3 heteroatoms. The summed E-state index contributed by atoms with van der Waals surface area (Å²) in [4.78, 5) is 0. The van der Waals surface area contributed by atoms with Crippen molar-refractivity contribution in [1.29, 1.82) is 0 Å².